The molecule has 0 radical (unpaired) electrons. The Morgan fingerprint density at radius 1 is 1.32 bits per heavy atom. The third-order valence-corrected chi connectivity index (χ3v) is 7.71. The first kappa shape index (κ1) is 20.7. The molecule has 3 rings (SSSR count). The van der Waals surface area contributed by atoms with Gasteiger partial charge in [-0.1, -0.05) is 19.3 Å². The molecule has 1 amide bonds. The second-order valence-corrected chi connectivity index (χ2v) is 9.52. The Balaban J connectivity index is 1.78. The summed E-state index contributed by atoms with van der Waals surface area (Å²) in [7, 11) is -2.40. The molecule has 1 saturated heterocycles. The fourth-order valence-corrected chi connectivity index (χ4v) is 5.91. The van der Waals surface area contributed by atoms with Crippen LogP contribution in [0.5, 0.6) is 0 Å². The number of sulfonamides is 1. The molecule has 0 unspecified atom stereocenters. The molecule has 1 aliphatic heterocycles. The Morgan fingerprint density at radius 2 is 2.07 bits per heavy atom. The number of nitrogens with zero attached hydrogens (tertiary/aromatic N) is 2. The van der Waals surface area contributed by atoms with E-state index in [4.69, 9.17) is 0 Å². The van der Waals surface area contributed by atoms with Crippen LogP contribution in [0.2, 0.25) is 0 Å². The molecular weight excluding hydrogens is 382 g/mol. The highest BCUT2D eigenvalue weighted by Gasteiger charge is 2.53. The highest BCUT2D eigenvalue weighted by Crippen LogP contribution is 2.48. The third-order valence-electron chi connectivity index (χ3n) is 5.91. The number of methoxy groups -OCH3 is 1. The van der Waals surface area contributed by atoms with Crippen molar-refractivity contribution < 1.29 is 22.7 Å². The van der Waals surface area contributed by atoms with Gasteiger partial charge in [-0.05, 0) is 30.4 Å². The molecule has 1 spiro atoms. The van der Waals surface area contributed by atoms with Gasteiger partial charge in [0.2, 0.25) is 15.9 Å². The summed E-state index contributed by atoms with van der Waals surface area (Å²) in [6, 6.07) is 3.12. The number of esters is 1. The lowest BCUT2D eigenvalue weighted by Gasteiger charge is -2.37. The smallest absolute Gasteiger partial charge is 0.307 e. The molecule has 1 aliphatic carbocycles. The highest BCUT2D eigenvalue weighted by atomic mass is 32.2. The predicted molar refractivity (Wildman–Crippen MR) is 102 cm³/mol. The van der Waals surface area contributed by atoms with Crippen LogP contribution >= 0.6 is 0 Å². The molecule has 1 atom stereocenters. The second kappa shape index (κ2) is 8.57. The Labute approximate surface area is 165 Å². The van der Waals surface area contributed by atoms with Gasteiger partial charge in [0.05, 0.1) is 19.4 Å². The van der Waals surface area contributed by atoms with Gasteiger partial charge in [0.15, 0.2) is 0 Å². The van der Waals surface area contributed by atoms with E-state index in [1.54, 1.807) is 6.07 Å². The van der Waals surface area contributed by atoms with Crippen LogP contribution in [0.25, 0.3) is 0 Å². The molecule has 0 bridgehead atoms. The summed E-state index contributed by atoms with van der Waals surface area (Å²) in [6.07, 6.45) is 7.73. The van der Waals surface area contributed by atoms with E-state index in [1.165, 1.54) is 29.9 Å². The van der Waals surface area contributed by atoms with E-state index >= 15 is 0 Å². The molecule has 2 heterocycles. The first-order valence-corrected chi connectivity index (χ1v) is 11.1. The summed E-state index contributed by atoms with van der Waals surface area (Å²) in [5.41, 5.74) is -0.344. The minimum Gasteiger partial charge on any atom is -0.469 e. The number of amides is 1. The van der Waals surface area contributed by atoms with Crippen LogP contribution in [0, 0.1) is 11.3 Å². The van der Waals surface area contributed by atoms with Gasteiger partial charge in [0.1, 0.15) is 4.90 Å². The Kier molecular flexibility index (Phi) is 6.34. The van der Waals surface area contributed by atoms with E-state index in [2.05, 4.69) is 15.0 Å². The van der Waals surface area contributed by atoms with Crippen molar-refractivity contribution in [2.45, 2.75) is 43.4 Å². The number of hydrogen-bond donors (Lipinski definition) is 1. The van der Waals surface area contributed by atoms with E-state index in [-0.39, 0.29) is 41.7 Å². The Bertz CT molecular complexity index is 806. The molecule has 2 aliphatic rings. The van der Waals surface area contributed by atoms with Crippen LogP contribution < -0.4 is 5.32 Å². The van der Waals surface area contributed by atoms with Gasteiger partial charge in [-0.15, -0.1) is 0 Å². The molecule has 154 valence electrons. The first-order valence-electron chi connectivity index (χ1n) is 9.64. The number of ether oxygens (including phenoxy) is 1. The van der Waals surface area contributed by atoms with Gasteiger partial charge in [-0.25, -0.2) is 8.42 Å². The zero-order valence-electron chi connectivity index (χ0n) is 16.1. The molecule has 2 fully saturated rings. The molecule has 8 nitrogen and oxygen atoms in total. The number of pyridine rings is 1. The van der Waals surface area contributed by atoms with E-state index in [1.807, 2.05) is 0 Å². The summed E-state index contributed by atoms with van der Waals surface area (Å²) in [5, 5.41) is 2.80. The van der Waals surface area contributed by atoms with Crippen molar-refractivity contribution in [1.82, 2.24) is 14.6 Å². The normalized spacial score (nSPS) is 22.1. The van der Waals surface area contributed by atoms with Crippen LogP contribution in [0.3, 0.4) is 0 Å². The molecule has 1 saturated carbocycles. The largest absolute Gasteiger partial charge is 0.469 e. The van der Waals surface area contributed by atoms with Crippen molar-refractivity contribution in [3.05, 3.63) is 24.5 Å². The van der Waals surface area contributed by atoms with Crippen molar-refractivity contribution in [2.24, 2.45) is 11.3 Å². The molecule has 1 aromatic heterocycles. The minimum absolute atomic E-state index is 0.0969. The summed E-state index contributed by atoms with van der Waals surface area (Å²) >= 11 is 0. The van der Waals surface area contributed by atoms with Crippen molar-refractivity contribution >= 4 is 21.9 Å². The van der Waals surface area contributed by atoms with Crippen LogP contribution in [0.4, 0.5) is 0 Å². The summed E-state index contributed by atoms with van der Waals surface area (Å²) in [6.45, 7) is 0.689. The minimum atomic E-state index is -3.70. The SMILES string of the molecule is COC(=O)CCNC(=O)[C@H]1CN(S(=O)(=O)c2cccnc2)CC12CCCCC2. The number of carbonyl (C=O) groups is 2. The maximum atomic E-state index is 13.1. The van der Waals surface area contributed by atoms with Crippen molar-refractivity contribution in [1.29, 1.82) is 0 Å². The monoisotopic (exact) mass is 409 g/mol. The lowest BCUT2D eigenvalue weighted by Crippen LogP contribution is -2.43. The molecule has 9 heteroatoms. The van der Waals surface area contributed by atoms with Crippen molar-refractivity contribution in [3.63, 3.8) is 0 Å². The number of carbonyl (C=O) groups excluding carboxylic acids is 2. The van der Waals surface area contributed by atoms with Gasteiger partial charge in [-0.3, -0.25) is 14.6 Å². The Hall–Kier alpha value is -2.00. The van der Waals surface area contributed by atoms with Gasteiger partial charge < -0.3 is 10.1 Å². The fraction of sp³-hybridized carbons (Fsp3) is 0.632. The Morgan fingerprint density at radius 3 is 2.71 bits per heavy atom. The van der Waals surface area contributed by atoms with Gasteiger partial charge >= 0.3 is 5.97 Å². The third kappa shape index (κ3) is 4.20. The molecule has 0 aromatic carbocycles. The fourth-order valence-electron chi connectivity index (χ4n) is 4.39. The van der Waals surface area contributed by atoms with Crippen LogP contribution in [-0.4, -0.2) is 56.3 Å². The van der Waals surface area contributed by atoms with E-state index in [0.717, 1.165) is 32.1 Å². The summed E-state index contributed by atoms with van der Waals surface area (Å²) < 4.78 is 32.2. The molecule has 28 heavy (non-hydrogen) atoms. The quantitative estimate of drug-likeness (QED) is 0.711. The number of nitrogens with one attached hydrogen (secondary N) is 1. The van der Waals surface area contributed by atoms with E-state index in [9.17, 15) is 18.0 Å². The zero-order valence-corrected chi connectivity index (χ0v) is 16.9. The summed E-state index contributed by atoms with van der Waals surface area (Å²) in [5.74, 6) is -0.994. The average molecular weight is 410 g/mol. The van der Waals surface area contributed by atoms with Crippen molar-refractivity contribution in [3.8, 4) is 0 Å². The number of rotatable bonds is 6. The molecular formula is C19H27N3O5S. The number of aromatic nitrogens is 1. The van der Waals surface area contributed by atoms with E-state index in [0.29, 0.717) is 6.54 Å². The van der Waals surface area contributed by atoms with Crippen molar-refractivity contribution in [2.75, 3.05) is 26.7 Å². The average Bonchev–Trinajstić information content (AvgIpc) is 3.08. The lowest BCUT2D eigenvalue weighted by atomic mass is 9.67. The first-order chi connectivity index (χ1) is 13.4. The summed E-state index contributed by atoms with van der Waals surface area (Å²) in [4.78, 5) is 28.2. The van der Waals surface area contributed by atoms with Gasteiger partial charge in [0.25, 0.3) is 0 Å². The topological polar surface area (TPSA) is 106 Å². The van der Waals surface area contributed by atoms with Gasteiger partial charge in [-0.2, -0.15) is 4.31 Å². The molecule has 1 N–H and O–H groups in total. The maximum absolute atomic E-state index is 13.1. The second-order valence-electron chi connectivity index (χ2n) is 7.58. The zero-order chi connectivity index (χ0) is 20.2. The molecule has 1 aromatic rings. The van der Waals surface area contributed by atoms with Crippen LogP contribution in [0.1, 0.15) is 38.5 Å². The van der Waals surface area contributed by atoms with Gasteiger partial charge in [0, 0.05) is 32.0 Å². The predicted octanol–water partition coefficient (Wildman–Crippen LogP) is 1.33. The lowest BCUT2D eigenvalue weighted by molar-refractivity contribution is -0.140. The van der Waals surface area contributed by atoms with Crippen LogP contribution in [-0.2, 0) is 24.3 Å². The van der Waals surface area contributed by atoms with Crippen LogP contribution in [0.15, 0.2) is 29.4 Å². The standard InChI is InChI=1S/C19H27N3O5S/c1-27-17(23)7-11-21-18(24)16-13-22(14-19(16)8-3-2-4-9-19)28(25,26)15-6-5-10-20-12-15/h5-6,10,12,16H,2-4,7-9,11,13-14H2,1H3,(H,21,24)/t16-/m1/s1. The highest BCUT2D eigenvalue weighted by molar-refractivity contribution is 7.89. The number of hydrogen-bond acceptors (Lipinski definition) is 6. The maximum Gasteiger partial charge on any atom is 0.307 e. The van der Waals surface area contributed by atoms with E-state index < -0.39 is 15.9 Å².